The standard InChI is InChI=1S/C20H28N2O5S/c1-20(2,3)27-19(24)22(4)18-21-14-10-15(16(11-23)26-17(14)28-18)25-12-13-8-6-5-7-9-13/h5-9,14-17,23H,10-12H2,1-4H3/t14-,15+,16-,17-/m1/s1. The summed E-state index contributed by atoms with van der Waals surface area (Å²) in [6, 6.07) is 9.75. The smallest absolute Gasteiger partial charge is 0.416 e. The number of hydrogen-bond donors (Lipinski definition) is 1. The Kier molecular flexibility index (Phi) is 6.65. The summed E-state index contributed by atoms with van der Waals surface area (Å²) >= 11 is 1.38. The van der Waals surface area contributed by atoms with Gasteiger partial charge in [0.15, 0.2) is 5.17 Å². The molecule has 0 unspecified atom stereocenters. The molecule has 2 heterocycles. The summed E-state index contributed by atoms with van der Waals surface area (Å²) in [6.07, 6.45) is -0.504. The highest BCUT2D eigenvalue weighted by Gasteiger charge is 2.44. The van der Waals surface area contributed by atoms with Crippen LogP contribution >= 0.6 is 11.8 Å². The van der Waals surface area contributed by atoms with Gasteiger partial charge in [-0.15, -0.1) is 0 Å². The molecule has 0 aliphatic carbocycles. The molecule has 1 amide bonds. The van der Waals surface area contributed by atoms with E-state index in [0.717, 1.165) is 5.56 Å². The quantitative estimate of drug-likeness (QED) is 0.825. The number of carbonyl (C=O) groups excluding carboxylic acids is 1. The average Bonchev–Trinajstić information content (AvgIpc) is 3.07. The van der Waals surface area contributed by atoms with Crippen molar-refractivity contribution in [3.63, 3.8) is 0 Å². The van der Waals surface area contributed by atoms with Crippen LogP contribution in [0.4, 0.5) is 4.79 Å². The number of carbonyl (C=O) groups is 1. The Labute approximate surface area is 170 Å². The number of aliphatic imine (C=N–C) groups is 1. The highest BCUT2D eigenvalue weighted by Crippen LogP contribution is 2.38. The Bertz CT molecular complexity index is 706. The second kappa shape index (κ2) is 8.82. The number of benzene rings is 1. The van der Waals surface area contributed by atoms with Crippen LogP contribution in [0.2, 0.25) is 0 Å². The molecule has 1 aromatic carbocycles. The van der Waals surface area contributed by atoms with Crippen LogP contribution in [0.5, 0.6) is 0 Å². The molecule has 1 aromatic rings. The van der Waals surface area contributed by atoms with Crippen LogP contribution in [0.25, 0.3) is 0 Å². The lowest BCUT2D eigenvalue weighted by molar-refractivity contribution is -0.140. The van der Waals surface area contributed by atoms with Gasteiger partial charge < -0.3 is 19.3 Å². The Morgan fingerprint density at radius 2 is 2.07 bits per heavy atom. The van der Waals surface area contributed by atoms with Crippen molar-refractivity contribution in [3.05, 3.63) is 35.9 Å². The Hall–Kier alpha value is -1.61. The van der Waals surface area contributed by atoms with E-state index in [2.05, 4.69) is 4.99 Å². The van der Waals surface area contributed by atoms with Crippen LogP contribution in [0.1, 0.15) is 32.8 Å². The van der Waals surface area contributed by atoms with E-state index >= 15 is 0 Å². The molecule has 2 aliphatic rings. The molecule has 3 rings (SSSR count). The first-order valence-electron chi connectivity index (χ1n) is 9.40. The molecule has 28 heavy (non-hydrogen) atoms. The van der Waals surface area contributed by atoms with Gasteiger partial charge in [-0.25, -0.2) is 4.79 Å². The summed E-state index contributed by atoms with van der Waals surface area (Å²) in [4.78, 5) is 18.4. The van der Waals surface area contributed by atoms with E-state index in [4.69, 9.17) is 14.2 Å². The average molecular weight is 409 g/mol. The zero-order chi connectivity index (χ0) is 20.3. The third-order valence-electron chi connectivity index (χ3n) is 4.45. The Balaban J connectivity index is 1.62. The van der Waals surface area contributed by atoms with Crippen molar-refractivity contribution < 1.29 is 24.1 Å². The molecule has 0 aromatic heterocycles. The fourth-order valence-electron chi connectivity index (χ4n) is 3.04. The lowest BCUT2D eigenvalue weighted by atomic mass is 10.0. The lowest BCUT2D eigenvalue weighted by Crippen LogP contribution is -2.46. The third-order valence-corrected chi connectivity index (χ3v) is 5.70. The van der Waals surface area contributed by atoms with Crippen molar-refractivity contribution in [1.82, 2.24) is 4.90 Å². The molecule has 1 fully saturated rings. The predicted octanol–water partition coefficient (Wildman–Crippen LogP) is 3.02. The van der Waals surface area contributed by atoms with Gasteiger partial charge in [0.25, 0.3) is 0 Å². The van der Waals surface area contributed by atoms with E-state index in [1.54, 1.807) is 7.05 Å². The maximum atomic E-state index is 12.3. The van der Waals surface area contributed by atoms with Gasteiger partial charge in [-0.05, 0) is 26.3 Å². The third kappa shape index (κ3) is 5.26. The first kappa shape index (κ1) is 21.1. The molecule has 4 atom stereocenters. The summed E-state index contributed by atoms with van der Waals surface area (Å²) in [6.45, 7) is 5.80. The number of nitrogens with zero attached hydrogens (tertiary/aromatic N) is 2. The second-order valence-electron chi connectivity index (χ2n) is 7.93. The summed E-state index contributed by atoms with van der Waals surface area (Å²) in [5.41, 5.74) is 0.251. The largest absolute Gasteiger partial charge is 0.443 e. The first-order valence-corrected chi connectivity index (χ1v) is 10.3. The number of aliphatic hydroxyl groups is 1. The van der Waals surface area contributed by atoms with Crippen LogP contribution in [0, 0.1) is 0 Å². The highest BCUT2D eigenvalue weighted by atomic mass is 32.2. The maximum Gasteiger partial charge on any atom is 0.416 e. The van der Waals surface area contributed by atoms with Gasteiger partial charge in [0.1, 0.15) is 17.1 Å². The molecule has 8 heteroatoms. The fraction of sp³-hybridized carbons (Fsp3) is 0.600. The van der Waals surface area contributed by atoms with Crippen LogP contribution in [-0.2, 0) is 20.8 Å². The van der Waals surface area contributed by atoms with Gasteiger partial charge in [-0.2, -0.15) is 0 Å². The van der Waals surface area contributed by atoms with Crippen molar-refractivity contribution in [3.8, 4) is 0 Å². The van der Waals surface area contributed by atoms with Crippen molar-refractivity contribution in [2.24, 2.45) is 4.99 Å². The molecule has 0 spiro atoms. The monoisotopic (exact) mass is 408 g/mol. The number of ether oxygens (including phenoxy) is 3. The molecular weight excluding hydrogens is 380 g/mol. The van der Waals surface area contributed by atoms with Crippen molar-refractivity contribution >= 4 is 23.0 Å². The van der Waals surface area contributed by atoms with E-state index in [0.29, 0.717) is 18.2 Å². The van der Waals surface area contributed by atoms with E-state index in [1.165, 1.54) is 16.7 Å². The minimum atomic E-state index is -0.573. The molecule has 0 radical (unpaired) electrons. The minimum absolute atomic E-state index is 0.125. The van der Waals surface area contributed by atoms with E-state index in [1.807, 2.05) is 51.1 Å². The van der Waals surface area contributed by atoms with E-state index in [9.17, 15) is 9.90 Å². The number of aliphatic hydroxyl groups excluding tert-OH is 1. The first-order chi connectivity index (χ1) is 13.3. The van der Waals surface area contributed by atoms with E-state index in [-0.39, 0.29) is 24.2 Å². The molecule has 7 nitrogen and oxygen atoms in total. The van der Waals surface area contributed by atoms with Crippen molar-refractivity contribution in [1.29, 1.82) is 0 Å². The van der Waals surface area contributed by atoms with Gasteiger partial charge in [0.05, 0.1) is 25.4 Å². The summed E-state index contributed by atoms with van der Waals surface area (Å²) < 4.78 is 17.4. The molecule has 0 bridgehead atoms. The van der Waals surface area contributed by atoms with Crippen LogP contribution in [-0.4, -0.2) is 64.2 Å². The second-order valence-corrected chi connectivity index (χ2v) is 9.00. The molecule has 1 saturated heterocycles. The Morgan fingerprint density at radius 3 is 2.71 bits per heavy atom. The van der Waals surface area contributed by atoms with Crippen LogP contribution in [0.3, 0.4) is 0 Å². The molecular formula is C20H28N2O5S. The number of amidine groups is 1. The number of amides is 1. The minimum Gasteiger partial charge on any atom is -0.443 e. The highest BCUT2D eigenvalue weighted by molar-refractivity contribution is 8.14. The van der Waals surface area contributed by atoms with Crippen LogP contribution in [0.15, 0.2) is 35.3 Å². The zero-order valence-electron chi connectivity index (χ0n) is 16.7. The number of hydrogen-bond acceptors (Lipinski definition) is 7. The topological polar surface area (TPSA) is 80.6 Å². The molecule has 2 aliphatic heterocycles. The van der Waals surface area contributed by atoms with Gasteiger partial charge in [0.2, 0.25) is 0 Å². The van der Waals surface area contributed by atoms with E-state index < -0.39 is 17.8 Å². The van der Waals surface area contributed by atoms with Crippen molar-refractivity contribution in [2.75, 3.05) is 13.7 Å². The van der Waals surface area contributed by atoms with Gasteiger partial charge >= 0.3 is 6.09 Å². The van der Waals surface area contributed by atoms with Crippen LogP contribution < -0.4 is 0 Å². The zero-order valence-corrected chi connectivity index (χ0v) is 17.5. The molecule has 0 saturated carbocycles. The summed E-state index contributed by atoms with van der Waals surface area (Å²) in [5, 5.41) is 10.3. The lowest BCUT2D eigenvalue weighted by Gasteiger charge is -2.36. The SMILES string of the molecule is CN(C(=O)OC(C)(C)C)C1=N[C@@H]2C[C@H](OCc3ccccc3)[C@@H](CO)O[C@@H]2S1. The number of rotatable bonds is 4. The predicted molar refractivity (Wildman–Crippen MR) is 108 cm³/mol. The summed E-state index contributed by atoms with van der Waals surface area (Å²) in [7, 11) is 1.64. The fourth-order valence-corrected chi connectivity index (χ4v) is 4.20. The number of thioether (sulfide) groups is 1. The molecule has 154 valence electrons. The van der Waals surface area contributed by atoms with Gasteiger partial charge in [0, 0.05) is 13.5 Å². The molecule has 1 N–H and O–H groups in total. The maximum absolute atomic E-state index is 12.3. The number of fused-ring (bicyclic) bond motifs is 1. The normalized spacial score (nSPS) is 27.1. The van der Waals surface area contributed by atoms with Crippen molar-refractivity contribution in [2.45, 2.75) is 63.1 Å². The summed E-state index contributed by atoms with van der Waals surface area (Å²) in [5.74, 6) is 0. The van der Waals surface area contributed by atoms with Gasteiger partial charge in [-0.1, -0.05) is 42.1 Å². The van der Waals surface area contributed by atoms with Gasteiger partial charge in [-0.3, -0.25) is 9.89 Å². The Morgan fingerprint density at radius 1 is 1.36 bits per heavy atom.